The van der Waals surface area contributed by atoms with Crippen LogP contribution in [0.5, 0.6) is 0 Å². The molecule has 2 heterocycles. The van der Waals surface area contributed by atoms with E-state index in [1.807, 2.05) is 24.3 Å². The number of fused-ring (bicyclic) bond motifs is 1. The highest BCUT2D eigenvalue weighted by Gasteiger charge is 2.37. The quantitative estimate of drug-likeness (QED) is 0.0895. The Hall–Kier alpha value is -5.15. The molecular formula is C29H41N9O7. The van der Waals surface area contributed by atoms with Crippen LogP contribution in [-0.2, 0) is 35.2 Å². The van der Waals surface area contributed by atoms with Gasteiger partial charge >= 0.3 is 5.97 Å². The van der Waals surface area contributed by atoms with E-state index in [0.29, 0.717) is 12.0 Å². The summed E-state index contributed by atoms with van der Waals surface area (Å²) in [7, 11) is 1.42. The normalized spacial score (nSPS) is 22.1. The fourth-order valence-corrected chi connectivity index (χ4v) is 5.25. The van der Waals surface area contributed by atoms with Crippen molar-refractivity contribution in [1.82, 2.24) is 31.2 Å². The van der Waals surface area contributed by atoms with E-state index in [1.165, 1.54) is 11.9 Å². The minimum atomic E-state index is -1.56. The molecular weight excluding hydrogens is 586 g/mol. The minimum absolute atomic E-state index is 0.00738. The molecule has 1 fully saturated rings. The van der Waals surface area contributed by atoms with Crippen molar-refractivity contribution in [3.63, 3.8) is 0 Å². The molecule has 1 saturated heterocycles. The lowest BCUT2D eigenvalue weighted by Gasteiger charge is -2.34. The third-order valence-electron chi connectivity index (χ3n) is 7.41. The SMILES string of the molecule is CC(C)[C@H]1C(=O)N[C@@H](CCCN=C(N)N)C(=O)NCC(=O)N[C@@H](CC(=O)O)C(=O)N[C@H](Cc2c[nH]c3ccccc23)C(=O)N1C. The molecule has 16 heteroatoms. The smallest absolute Gasteiger partial charge is 0.305 e. The van der Waals surface area contributed by atoms with Crippen molar-refractivity contribution in [1.29, 1.82) is 0 Å². The number of carboxylic acid groups (broad SMARTS) is 1. The second kappa shape index (κ2) is 15.5. The summed E-state index contributed by atoms with van der Waals surface area (Å²) >= 11 is 0. The van der Waals surface area contributed by atoms with Crippen LogP contribution in [0.3, 0.4) is 0 Å². The Morgan fingerprint density at radius 2 is 1.69 bits per heavy atom. The van der Waals surface area contributed by atoms with Crippen LogP contribution in [0.2, 0.25) is 0 Å². The average Bonchev–Trinajstić information content (AvgIpc) is 3.38. The molecule has 0 unspecified atom stereocenters. The van der Waals surface area contributed by atoms with Crippen molar-refractivity contribution in [3.05, 3.63) is 36.0 Å². The molecule has 1 aromatic heterocycles. The number of amides is 5. The number of guanidine groups is 1. The van der Waals surface area contributed by atoms with Gasteiger partial charge < -0.3 is 47.7 Å². The number of aliphatic imine (C=N–C) groups is 1. The summed E-state index contributed by atoms with van der Waals surface area (Å²) in [5.74, 6) is -5.65. The summed E-state index contributed by atoms with van der Waals surface area (Å²) in [4.78, 5) is 86.8. The van der Waals surface area contributed by atoms with Crippen molar-refractivity contribution < 1.29 is 33.9 Å². The van der Waals surface area contributed by atoms with Gasteiger partial charge in [0.25, 0.3) is 0 Å². The predicted molar refractivity (Wildman–Crippen MR) is 164 cm³/mol. The Labute approximate surface area is 259 Å². The van der Waals surface area contributed by atoms with Gasteiger partial charge in [-0.15, -0.1) is 0 Å². The lowest BCUT2D eigenvalue weighted by atomic mass is 9.98. The molecule has 0 saturated carbocycles. The molecule has 0 aliphatic carbocycles. The highest BCUT2D eigenvalue weighted by atomic mass is 16.4. The van der Waals surface area contributed by atoms with E-state index in [9.17, 15) is 33.9 Å². The number of nitrogens with two attached hydrogens (primary N) is 2. The Morgan fingerprint density at radius 1 is 1.00 bits per heavy atom. The number of rotatable bonds is 9. The van der Waals surface area contributed by atoms with E-state index < -0.39 is 78.6 Å². The number of carboxylic acids is 1. The minimum Gasteiger partial charge on any atom is -0.481 e. The van der Waals surface area contributed by atoms with E-state index >= 15 is 0 Å². The first kappa shape index (κ1) is 34.3. The number of likely N-dealkylation sites (N-methyl/N-ethyl adjacent to an activating group) is 1. The van der Waals surface area contributed by atoms with E-state index in [4.69, 9.17) is 11.5 Å². The fourth-order valence-electron chi connectivity index (χ4n) is 5.25. The van der Waals surface area contributed by atoms with Gasteiger partial charge in [0.2, 0.25) is 29.5 Å². The first-order valence-corrected chi connectivity index (χ1v) is 14.5. The summed E-state index contributed by atoms with van der Waals surface area (Å²) in [6.45, 7) is 3.03. The maximum Gasteiger partial charge on any atom is 0.305 e. The van der Waals surface area contributed by atoms with Crippen LogP contribution in [-0.4, -0.2) is 101 Å². The Balaban J connectivity index is 2.02. The molecule has 0 radical (unpaired) electrons. The van der Waals surface area contributed by atoms with Gasteiger partial charge in [-0.2, -0.15) is 0 Å². The largest absolute Gasteiger partial charge is 0.481 e. The van der Waals surface area contributed by atoms with Gasteiger partial charge in [-0.3, -0.25) is 33.8 Å². The first-order valence-electron chi connectivity index (χ1n) is 14.5. The van der Waals surface area contributed by atoms with Gasteiger partial charge in [-0.1, -0.05) is 32.0 Å². The molecule has 4 atom stereocenters. The van der Waals surface area contributed by atoms with Crippen molar-refractivity contribution >= 4 is 52.4 Å². The molecule has 16 nitrogen and oxygen atoms in total. The number of aliphatic carboxylic acids is 1. The Kier molecular flexibility index (Phi) is 11.9. The van der Waals surface area contributed by atoms with E-state index in [1.54, 1.807) is 20.0 Å². The lowest BCUT2D eigenvalue weighted by molar-refractivity contribution is -0.144. The first-order chi connectivity index (χ1) is 21.3. The van der Waals surface area contributed by atoms with Crippen LogP contribution in [0.15, 0.2) is 35.5 Å². The molecule has 3 rings (SSSR count). The number of hydrogen-bond donors (Lipinski definition) is 8. The third kappa shape index (κ3) is 9.42. The number of carbonyl (C=O) groups excluding carboxylic acids is 5. The summed E-state index contributed by atoms with van der Waals surface area (Å²) in [6.07, 6.45) is 1.32. The van der Waals surface area contributed by atoms with Gasteiger partial charge in [0, 0.05) is 37.1 Å². The van der Waals surface area contributed by atoms with E-state index in [0.717, 1.165) is 10.9 Å². The third-order valence-corrected chi connectivity index (χ3v) is 7.41. The summed E-state index contributed by atoms with van der Waals surface area (Å²) in [5, 5.41) is 20.3. The number of H-pyrrole nitrogens is 1. The van der Waals surface area contributed by atoms with Crippen LogP contribution < -0.4 is 32.7 Å². The fraction of sp³-hybridized carbons (Fsp3) is 0.483. The molecule has 244 valence electrons. The highest BCUT2D eigenvalue weighted by molar-refractivity contribution is 5.98. The number of para-hydroxylation sites is 1. The summed E-state index contributed by atoms with van der Waals surface area (Å²) in [6, 6.07) is 2.37. The van der Waals surface area contributed by atoms with Gasteiger partial charge in [-0.25, -0.2) is 0 Å². The molecule has 0 bridgehead atoms. The number of aromatic amines is 1. The van der Waals surface area contributed by atoms with Crippen LogP contribution in [0.4, 0.5) is 0 Å². The molecule has 5 amide bonds. The van der Waals surface area contributed by atoms with Gasteiger partial charge in [0.15, 0.2) is 5.96 Å². The van der Waals surface area contributed by atoms with Gasteiger partial charge in [-0.05, 0) is 30.4 Å². The van der Waals surface area contributed by atoms with Crippen molar-refractivity contribution in [2.75, 3.05) is 20.1 Å². The number of nitrogens with zero attached hydrogens (tertiary/aromatic N) is 2. The van der Waals surface area contributed by atoms with Crippen LogP contribution >= 0.6 is 0 Å². The standard InChI is InChI=1S/C29H41N9O7/c1-15(2)24-27(44)36-19(9-6-10-32-29(30)31)25(42)34-14-22(39)35-20(12-23(40)41)26(43)37-21(28(45)38(24)3)11-16-13-33-18-8-5-4-7-17(16)18/h4-5,7-8,13,15,19-21,24,33H,6,9-12,14H2,1-3H3,(H,34,42)(H,35,39)(H,36,44)(H,37,43)(H,40,41)(H4,30,31,32)/t19-,20-,21+,24-/m0/s1. The summed E-state index contributed by atoms with van der Waals surface area (Å²) < 4.78 is 0. The number of nitrogens with one attached hydrogen (secondary N) is 5. The number of hydrogen-bond acceptors (Lipinski definition) is 7. The average molecular weight is 628 g/mol. The van der Waals surface area contributed by atoms with E-state index in [-0.39, 0.29) is 25.3 Å². The van der Waals surface area contributed by atoms with Gasteiger partial charge in [0.05, 0.1) is 13.0 Å². The number of carbonyl (C=O) groups is 6. The van der Waals surface area contributed by atoms with Crippen molar-refractivity contribution in [2.24, 2.45) is 22.4 Å². The monoisotopic (exact) mass is 627 g/mol. The zero-order valence-electron chi connectivity index (χ0n) is 25.5. The molecule has 0 spiro atoms. The Morgan fingerprint density at radius 3 is 2.36 bits per heavy atom. The second-order valence-corrected chi connectivity index (χ2v) is 11.2. The van der Waals surface area contributed by atoms with Crippen LogP contribution in [0, 0.1) is 5.92 Å². The summed E-state index contributed by atoms with van der Waals surface area (Å²) in [5.41, 5.74) is 12.2. The van der Waals surface area contributed by atoms with Gasteiger partial charge in [0.1, 0.15) is 24.2 Å². The zero-order valence-corrected chi connectivity index (χ0v) is 25.5. The molecule has 2 aromatic rings. The number of aromatic nitrogens is 1. The zero-order chi connectivity index (χ0) is 33.3. The van der Waals surface area contributed by atoms with Crippen LogP contribution in [0.25, 0.3) is 10.9 Å². The maximum atomic E-state index is 14.1. The van der Waals surface area contributed by atoms with E-state index in [2.05, 4.69) is 31.2 Å². The molecule has 10 N–H and O–H groups in total. The molecule has 1 aliphatic heterocycles. The van der Waals surface area contributed by atoms with Crippen LogP contribution in [0.1, 0.15) is 38.7 Å². The van der Waals surface area contributed by atoms with Crippen molar-refractivity contribution in [3.8, 4) is 0 Å². The second-order valence-electron chi connectivity index (χ2n) is 11.2. The molecule has 1 aliphatic rings. The lowest BCUT2D eigenvalue weighted by Crippen LogP contribution is -2.59. The molecule has 45 heavy (non-hydrogen) atoms. The Bertz CT molecular complexity index is 1450. The number of benzene rings is 1. The topological polar surface area (TPSA) is 254 Å². The maximum absolute atomic E-state index is 14.1. The van der Waals surface area contributed by atoms with Crippen molar-refractivity contribution in [2.45, 2.75) is 63.7 Å². The predicted octanol–water partition coefficient (Wildman–Crippen LogP) is -1.69. The molecule has 1 aromatic carbocycles. The highest BCUT2D eigenvalue weighted by Crippen LogP contribution is 2.21.